The molecule has 1 aromatic rings. The Morgan fingerprint density at radius 1 is 1.50 bits per heavy atom. The number of aliphatic hydroxyl groups is 1. The first-order valence-corrected chi connectivity index (χ1v) is 8.66. The third kappa shape index (κ3) is 3.41. The number of rotatable bonds is 4. The van der Waals surface area contributed by atoms with Crippen LogP contribution < -0.4 is 4.74 Å². The zero-order valence-electron chi connectivity index (χ0n) is 14.5. The predicted octanol–water partition coefficient (Wildman–Crippen LogP) is 2.32. The van der Waals surface area contributed by atoms with Gasteiger partial charge in [-0.25, -0.2) is 0 Å². The minimum Gasteiger partial charge on any atom is -0.495 e. The molecule has 130 valence electrons. The van der Waals surface area contributed by atoms with E-state index >= 15 is 0 Å². The molecule has 0 aromatic heterocycles. The number of methoxy groups -OCH3 is 1. The molecule has 24 heavy (non-hydrogen) atoms. The largest absolute Gasteiger partial charge is 0.495 e. The predicted molar refractivity (Wildman–Crippen MR) is 90.7 cm³/mol. The second kappa shape index (κ2) is 7.10. The van der Waals surface area contributed by atoms with Gasteiger partial charge < -0.3 is 14.6 Å². The standard InChI is InChI=1S/C19H26N2O3/c1-19(22)7-9-24-13-16(19)17-4-3-8-21(17)12-14-5-6-18(23-2)15(10-14)11-20/h5-6,10,16-17,22H,3-4,7-9,12-13H2,1-2H3/t16-,17-,19+/m1/s1. The molecule has 2 heterocycles. The fraction of sp³-hybridized carbons (Fsp3) is 0.632. The fourth-order valence-electron chi connectivity index (χ4n) is 4.06. The van der Waals surface area contributed by atoms with Gasteiger partial charge in [-0.15, -0.1) is 0 Å². The van der Waals surface area contributed by atoms with Crippen molar-refractivity contribution < 1.29 is 14.6 Å². The van der Waals surface area contributed by atoms with Crippen molar-refractivity contribution >= 4 is 0 Å². The maximum absolute atomic E-state index is 10.8. The van der Waals surface area contributed by atoms with Crippen molar-refractivity contribution in [3.8, 4) is 11.8 Å². The summed E-state index contributed by atoms with van der Waals surface area (Å²) in [5, 5.41) is 20.0. The van der Waals surface area contributed by atoms with Gasteiger partial charge in [0.05, 0.1) is 24.9 Å². The Morgan fingerprint density at radius 3 is 3.04 bits per heavy atom. The number of hydrogen-bond donors (Lipinski definition) is 1. The first-order chi connectivity index (χ1) is 11.5. The highest BCUT2D eigenvalue weighted by atomic mass is 16.5. The summed E-state index contributed by atoms with van der Waals surface area (Å²) < 4.78 is 10.9. The third-order valence-electron chi connectivity index (χ3n) is 5.50. The van der Waals surface area contributed by atoms with Gasteiger partial charge in [0.25, 0.3) is 0 Å². The van der Waals surface area contributed by atoms with E-state index in [1.54, 1.807) is 7.11 Å². The van der Waals surface area contributed by atoms with E-state index in [2.05, 4.69) is 11.0 Å². The van der Waals surface area contributed by atoms with Gasteiger partial charge in [0.2, 0.25) is 0 Å². The number of hydrogen-bond acceptors (Lipinski definition) is 5. The number of nitrogens with zero attached hydrogens (tertiary/aromatic N) is 2. The molecule has 2 saturated heterocycles. The van der Waals surface area contributed by atoms with Gasteiger partial charge in [-0.1, -0.05) is 6.07 Å². The summed E-state index contributed by atoms with van der Waals surface area (Å²) in [7, 11) is 1.58. The molecule has 5 nitrogen and oxygen atoms in total. The highest BCUT2D eigenvalue weighted by molar-refractivity contribution is 5.45. The summed E-state index contributed by atoms with van der Waals surface area (Å²) in [6, 6.07) is 8.31. The van der Waals surface area contributed by atoms with Gasteiger partial charge in [-0.3, -0.25) is 4.90 Å². The van der Waals surface area contributed by atoms with Crippen LogP contribution in [0.4, 0.5) is 0 Å². The van der Waals surface area contributed by atoms with Crippen molar-refractivity contribution in [2.24, 2.45) is 5.92 Å². The van der Waals surface area contributed by atoms with Gasteiger partial charge >= 0.3 is 0 Å². The van der Waals surface area contributed by atoms with Gasteiger partial charge in [0, 0.05) is 25.1 Å². The van der Waals surface area contributed by atoms with Gasteiger partial charge in [-0.2, -0.15) is 5.26 Å². The maximum atomic E-state index is 10.8. The third-order valence-corrected chi connectivity index (χ3v) is 5.50. The average Bonchev–Trinajstić information content (AvgIpc) is 3.02. The molecular weight excluding hydrogens is 304 g/mol. The van der Waals surface area contributed by atoms with E-state index in [0.717, 1.165) is 31.5 Å². The molecule has 3 rings (SSSR count). The first kappa shape index (κ1) is 17.2. The highest BCUT2D eigenvalue weighted by Crippen LogP contribution is 2.36. The molecule has 5 heteroatoms. The van der Waals surface area contributed by atoms with Crippen molar-refractivity contribution in [2.75, 3.05) is 26.9 Å². The zero-order chi connectivity index (χ0) is 17.2. The van der Waals surface area contributed by atoms with Crippen LogP contribution in [0.3, 0.4) is 0 Å². The van der Waals surface area contributed by atoms with E-state index in [0.29, 0.717) is 37.0 Å². The van der Waals surface area contributed by atoms with E-state index < -0.39 is 5.60 Å². The topological polar surface area (TPSA) is 65.7 Å². The van der Waals surface area contributed by atoms with Crippen LogP contribution in [0.1, 0.15) is 37.3 Å². The Bertz CT molecular complexity index is 624. The summed E-state index contributed by atoms with van der Waals surface area (Å²) in [5.41, 5.74) is 1.01. The van der Waals surface area contributed by atoms with Gasteiger partial charge in [-0.05, 0) is 50.4 Å². The van der Waals surface area contributed by atoms with E-state index in [4.69, 9.17) is 9.47 Å². The Morgan fingerprint density at radius 2 is 2.33 bits per heavy atom. The number of ether oxygens (including phenoxy) is 2. The SMILES string of the molecule is COc1ccc(CN2CCC[C@@H]2[C@H]2COCC[C@]2(C)O)cc1C#N. The van der Waals surface area contributed by atoms with Crippen LogP contribution in [0, 0.1) is 17.2 Å². The molecule has 0 aliphatic carbocycles. The summed E-state index contributed by atoms with van der Waals surface area (Å²) in [6.45, 7) is 5.01. The van der Waals surface area contributed by atoms with Crippen molar-refractivity contribution in [3.63, 3.8) is 0 Å². The molecule has 2 aliphatic heterocycles. The maximum Gasteiger partial charge on any atom is 0.136 e. The zero-order valence-corrected chi connectivity index (χ0v) is 14.5. The molecule has 3 atom stereocenters. The van der Waals surface area contributed by atoms with Crippen molar-refractivity contribution in [3.05, 3.63) is 29.3 Å². The molecule has 0 spiro atoms. The smallest absolute Gasteiger partial charge is 0.136 e. The lowest BCUT2D eigenvalue weighted by molar-refractivity contribution is -0.123. The number of benzene rings is 1. The number of likely N-dealkylation sites (tertiary alicyclic amines) is 1. The van der Waals surface area contributed by atoms with Crippen LogP contribution >= 0.6 is 0 Å². The van der Waals surface area contributed by atoms with E-state index in [1.807, 2.05) is 25.1 Å². The molecular formula is C19H26N2O3. The molecule has 0 unspecified atom stereocenters. The second-order valence-corrected chi connectivity index (χ2v) is 7.12. The lowest BCUT2D eigenvalue weighted by Gasteiger charge is -2.43. The lowest BCUT2D eigenvalue weighted by Crippen LogP contribution is -2.52. The van der Waals surface area contributed by atoms with E-state index in [-0.39, 0.29) is 5.92 Å². The molecule has 0 radical (unpaired) electrons. The van der Waals surface area contributed by atoms with Crippen LogP contribution in [0.2, 0.25) is 0 Å². The Balaban J connectivity index is 1.76. The minimum absolute atomic E-state index is 0.141. The summed E-state index contributed by atoms with van der Waals surface area (Å²) in [5.74, 6) is 0.755. The number of nitriles is 1. The highest BCUT2D eigenvalue weighted by Gasteiger charge is 2.43. The molecule has 0 amide bonds. The van der Waals surface area contributed by atoms with Crippen LogP contribution in [0.15, 0.2) is 18.2 Å². The van der Waals surface area contributed by atoms with Gasteiger partial charge in [0.15, 0.2) is 0 Å². The van der Waals surface area contributed by atoms with Crippen molar-refractivity contribution in [1.29, 1.82) is 5.26 Å². The van der Waals surface area contributed by atoms with E-state index in [9.17, 15) is 10.4 Å². The van der Waals surface area contributed by atoms with Crippen LogP contribution in [0.5, 0.6) is 5.75 Å². The molecule has 2 fully saturated rings. The normalized spacial score (nSPS) is 30.9. The quantitative estimate of drug-likeness (QED) is 0.918. The van der Waals surface area contributed by atoms with Crippen LogP contribution in [0.25, 0.3) is 0 Å². The molecule has 1 aromatic carbocycles. The minimum atomic E-state index is -0.663. The van der Waals surface area contributed by atoms with Crippen LogP contribution in [-0.2, 0) is 11.3 Å². The Kier molecular flexibility index (Phi) is 5.09. The molecule has 0 saturated carbocycles. The summed E-state index contributed by atoms with van der Waals surface area (Å²) in [4.78, 5) is 2.43. The average molecular weight is 330 g/mol. The summed E-state index contributed by atoms with van der Waals surface area (Å²) >= 11 is 0. The van der Waals surface area contributed by atoms with Crippen LogP contribution in [-0.4, -0.2) is 48.5 Å². The second-order valence-electron chi connectivity index (χ2n) is 7.12. The summed E-state index contributed by atoms with van der Waals surface area (Å²) in [6.07, 6.45) is 2.92. The van der Waals surface area contributed by atoms with Crippen molar-refractivity contribution in [2.45, 2.75) is 44.4 Å². The van der Waals surface area contributed by atoms with Crippen molar-refractivity contribution in [1.82, 2.24) is 4.90 Å². The van der Waals surface area contributed by atoms with E-state index in [1.165, 1.54) is 0 Å². The Labute approximate surface area is 143 Å². The fourth-order valence-corrected chi connectivity index (χ4v) is 4.06. The first-order valence-electron chi connectivity index (χ1n) is 8.66. The lowest BCUT2D eigenvalue weighted by atomic mass is 9.79. The molecule has 2 aliphatic rings. The monoisotopic (exact) mass is 330 g/mol. The van der Waals surface area contributed by atoms with Gasteiger partial charge in [0.1, 0.15) is 11.8 Å². The molecule has 1 N–H and O–H groups in total. The molecule has 0 bridgehead atoms. The Hall–Kier alpha value is -1.61.